The molecule has 2 heterocycles. The van der Waals surface area contributed by atoms with Crippen LogP contribution in [0.4, 0.5) is 0 Å². The van der Waals surface area contributed by atoms with Gasteiger partial charge in [-0.2, -0.15) is 0 Å². The molecule has 0 fully saturated rings. The Hall–Kier alpha value is -4.53. The minimum absolute atomic E-state index is 0. The van der Waals surface area contributed by atoms with Gasteiger partial charge in [0.2, 0.25) is 0 Å². The van der Waals surface area contributed by atoms with Crippen LogP contribution >= 0.6 is 0 Å². The predicted molar refractivity (Wildman–Crippen MR) is 195 cm³/mol. The maximum Gasteiger partial charge on any atom is 0.0443 e. The standard InChI is InChI=1S/2C21H14N.CH2.2ClH.Zr/c2*1-2-9-16(10-3-1)22-19-13-7-6-12-18(19)21-17-11-5-4-8-15(17)14-20(21)22;;;;/h2*1-14H;1H2;2*1H;/q2*-1;;;;+2/p-2. The summed E-state index contributed by atoms with van der Waals surface area (Å²) < 4.78 is 8.07. The van der Waals surface area contributed by atoms with Crippen molar-refractivity contribution in [2.75, 3.05) is 0 Å². The first kappa shape index (κ1) is 33.4. The molecule has 0 spiro atoms. The molecule has 5 heteroatoms. The van der Waals surface area contributed by atoms with Crippen molar-refractivity contribution >= 4 is 69.4 Å². The van der Waals surface area contributed by atoms with E-state index in [1.807, 2.05) is 0 Å². The van der Waals surface area contributed by atoms with Crippen molar-refractivity contribution in [3.8, 4) is 11.4 Å². The van der Waals surface area contributed by atoms with Gasteiger partial charge in [0.25, 0.3) is 0 Å². The fraction of sp³-hybridized carbons (Fsp3) is 0. The molecule has 2 aromatic heterocycles. The van der Waals surface area contributed by atoms with Gasteiger partial charge in [-0.3, -0.25) is 0 Å². The molecular weight excluding hydrogens is 707 g/mol. The average Bonchev–Trinajstić information content (AvgIpc) is 3.86. The molecule has 0 saturated heterocycles. The van der Waals surface area contributed by atoms with Gasteiger partial charge in [0, 0.05) is 22.4 Å². The number of hydrogen-bond acceptors (Lipinski definition) is 0. The average molecular weight is 737 g/mol. The van der Waals surface area contributed by atoms with Gasteiger partial charge in [-0.25, -0.2) is 0 Å². The Morgan fingerprint density at radius 2 is 0.688 bits per heavy atom. The third-order valence-corrected chi connectivity index (χ3v) is 8.90. The minimum atomic E-state index is 0. The molecule has 0 bridgehead atoms. The summed E-state index contributed by atoms with van der Waals surface area (Å²) in [4.78, 5) is 0. The molecular formula is C43H30Cl2N2Zr-2. The molecule has 0 amide bonds. The van der Waals surface area contributed by atoms with E-state index in [0.717, 1.165) is 0 Å². The number of nitrogens with zero attached hydrogens (tertiary/aromatic N) is 2. The molecule has 10 aromatic rings. The van der Waals surface area contributed by atoms with Crippen molar-refractivity contribution < 1.29 is 49.0 Å². The van der Waals surface area contributed by atoms with E-state index in [2.05, 4.69) is 183 Å². The van der Waals surface area contributed by atoms with Gasteiger partial charge in [0.05, 0.1) is 0 Å². The normalized spacial score (nSPS) is 10.8. The number of halogens is 2. The van der Waals surface area contributed by atoms with Crippen LogP contribution in [0.5, 0.6) is 0 Å². The third kappa shape index (κ3) is 5.47. The zero-order chi connectivity index (χ0) is 31.0. The van der Waals surface area contributed by atoms with E-state index < -0.39 is 0 Å². The molecule has 48 heavy (non-hydrogen) atoms. The number of aromatic nitrogens is 2. The summed E-state index contributed by atoms with van der Waals surface area (Å²) in [6.07, 6.45) is 0. The monoisotopic (exact) mass is 734 g/mol. The molecule has 0 saturated carbocycles. The van der Waals surface area contributed by atoms with Crippen LogP contribution in [0.25, 0.3) is 76.5 Å². The molecule has 0 N–H and O–H groups in total. The molecule has 0 unspecified atom stereocenters. The predicted octanol–water partition coefficient (Wildman–Crippen LogP) is 5.28. The summed E-state index contributed by atoms with van der Waals surface area (Å²) in [6, 6.07) is 60.4. The van der Waals surface area contributed by atoms with Crippen LogP contribution < -0.4 is 24.8 Å². The van der Waals surface area contributed by atoms with E-state index >= 15 is 0 Å². The Labute approximate surface area is 306 Å². The molecule has 0 radical (unpaired) electrons. The molecule has 0 aliphatic rings. The molecule has 0 atom stereocenters. The van der Waals surface area contributed by atoms with Gasteiger partial charge >= 0.3 is 28.4 Å². The van der Waals surface area contributed by atoms with Crippen LogP contribution in [-0.2, 0) is 24.2 Å². The Morgan fingerprint density at radius 3 is 1.08 bits per heavy atom. The first-order valence-electron chi connectivity index (χ1n) is 15.5. The fourth-order valence-electron chi connectivity index (χ4n) is 7.06. The molecule has 10 rings (SSSR count). The van der Waals surface area contributed by atoms with E-state index in [4.69, 9.17) is 0 Å². The van der Waals surface area contributed by atoms with Gasteiger partial charge in [-0.15, -0.1) is 70.1 Å². The van der Waals surface area contributed by atoms with Crippen LogP contribution in [0.2, 0.25) is 0 Å². The maximum atomic E-state index is 3.34. The number of fused-ring (bicyclic) bond motifs is 10. The van der Waals surface area contributed by atoms with Crippen molar-refractivity contribution in [1.29, 1.82) is 0 Å². The Bertz CT molecular complexity index is 2440. The second-order valence-corrected chi connectivity index (χ2v) is 11.4. The summed E-state index contributed by atoms with van der Waals surface area (Å²) in [6.45, 7) is 0. The van der Waals surface area contributed by atoms with E-state index in [9.17, 15) is 0 Å². The smallest absolute Gasteiger partial charge is 0.0443 e. The Balaban J connectivity index is 0.000000153. The molecule has 232 valence electrons. The first-order chi connectivity index (χ1) is 22.9. The van der Waals surface area contributed by atoms with Crippen LogP contribution in [0, 0.1) is 0 Å². The number of benzene rings is 6. The van der Waals surface area contributed by atoms with E-state index in [0.29, 0.717) is 0 Å². The Kier molecular flexibility index (Phi) is 9.94. The second kappa shape index (κ2) is 14.3. The van der Waals surface area contributed by atoms with Crippen molar-refractivity contribution in [1.82, 2.24) is 9.13 Å². The number of hydrogen-bond donors (Lipinski definition) is 0. The van der Waals surface area contributed by atoms with Crippen molar-refractivity contribution in [2.45, 2.75) is 0 Å². The quantitative estimate of drug-likeness (QED) is 0.214. The maximum absolute atomic E-state index is 3.34. The van der Waals surface area contributed by atoms with Gasteiger partial charge in [0.15, 0.2) is 0 Å². The topological polar surface area (TPSA) is 9.86 Å². The minimum Gasteiger partial charge on any atom is -1.00 e. The third-order valence-electron chi connectivity index (χ3n) is 8.90. The van der Waals surface area contributed by atoms with Crippen molar-refractivity contribution in [2.24, 2.45) is 0 Å². The van der Waals surface area contributed by atoms with Crippen LogP contribution in [0.1, 0.15) is 0 Å². The molecule has 8 aromatic carbocycles. The summed E-state index contributed by atoms with van der Waals surface area (Å²) in [5, 5.41) is 10.6. The second-order valence-electron chi connectivity index (χ2n) is 11.4. The summed E-state index contributed by atoms with van der Waals surface area (Å²) in [7, 11) is 0. The van der Waals surface area contributed by atoms with Gasteiger partial charge in [-0.05, 0) is 58.2 Å². The zero-order valence-corrected chi connectivity index (χ0v) is 30.0. The van der Waals surface area contributed by atoms with E-state index in [1.165, 1.54) is 101 Å². The Morgan fingerprint density at radius 1 is 0.375 bits per heavy atom. The van der Waals surface area contributed by atoms with Gasteiger partial charge < -0.3 is 33.9 Å². The van der Waals surface area contributed by atoms with Crippen molar-refractivity contribution in [3.05, 3.63) is 170 Å². The molecule has 0 aliphatic carbocycles. The molecule has 0 aliphatic heterocycles. The van der Waals surface area contributed by atoms with Gasteiger partial charge in [0.1, 0.15) is 0 Å². The van der Waals surface area contributed by atoms with E-state index in [-0.39, 0.29) is 24.8 Å². The molecule has 2 nitrogen and oxygen atoms in total. The van der Waals surface area contributed by atoms with E-state index in [1.54, 1.807) is 0 Å². The zero-order valence-electron chi connectivity index (χ0n) is 26.0. The number of para-hydroxylation sites is 4. The summed E-state index contributed by atoms with van der Waals surface area (Å²) in [5.41, 5.74) is 7.53. The SMILES string of the molecule is [CH2]=[Zr+2].[Cl-].[Cl-].c1ccc(-n2c3ccccc3c3c4ccccc4[cH-]c32)cc1.c1ccc(-n2c3ccccc3c3c4ccccc4[cH-]c32)cc1. The summed E-state index contributed by atoms with van der Waals surface area (Å²) in [5.74, 6) is 0. The van der Waals surface area contributed by atoms with Crippen LogP contribution in [-0.4, -0.2) is 13.3 Å². The van der Waals surface area contributed by atoms with Crippen molar-refractivity contribution in [3.63, 3.8) is 0 Å². The first-order valence-corrected chi connectivity index (χ1v) is 17.2. The van der Waals surface area contributed by atoms with Crippen LogP contribution in [0.15, 0.2) is 170 Å². The number of rotatable bonds is 2. The fourth-order valence-corrected chi connectivity index (χ4v) is 7.06. The van der Waals surface area contributed by atoms with Gasteiger partial charge in [-0.1, -0.05) is 95.7 Å². The summed E-state index contributed by atoms with van der Waals surface area (Å²) >= 11 is 1.30. The largest absolute Gasteiger partial charge is 1.00 e. The van der Waals surface area contributed by atoms with Crippen LogP contribution in [0.3, 0.4) is 0 Å².